The summed E-state index contributed by atoms with van der Waals surface area (Å²) in [5.74, 6) is 1.60. The van der Waals surface area contributed by atoms with Crippen LogP contribution < -0.4 is 24.8 Å². The summed E-state index contributed by atoms with van der Waals surface area (Å²) < 4.78 is 16.1. The molecule has 3 aromatic rings. The molecule has 0 fully saturated rings. The van der Waals surface area contributed by atoms with E-state index in [2.05, 4.69) is 29.0 Å². The average molecular weight is 427 g/mol. The summed E-state index contributed by atoms with van der Waals surface area (Å²) >= 11 is 1.69. The van der Waals surface area contributed by atoms with Gasteiger partial charge in [0.2, 0.25) is 5.75 Å². The van der Waals surface area contributed by atoms with Gasteiger partial charge in [0.25, 0.3) is 0 Å². The van der Waals surface area contributed by atoms with E-state index in [0.717, 1.165) is 16.8 Å². The number of hydrogen-bond acceptors (Lipinski definition) is 5. The van der Waals surface area contributed by atoms with Crippen molar-refractivity contribution in [3.63, 3.8) is 0 Å². The van der Waals surface area contributed by atoms with E-state index in [9.17, 15) is 4.79 Å². The Bertz CT molecular complexity index is 1010. The summed E-state index contributed by atoms with van der Waals surface area (Å²) in [7, 11) is 4.68. The largest absolute Gasteiger partial charge is 0.493 e. The SMILES string of the molecule is COc1cc(C(C)NC(=O)Nc2cccc(-c3sccc3C)c2)cc(OC)c1OC. The zero-order valence-corrected chi connectivity index (χ0v) is 18.6. The Morgan fingerprint density at radius 1 is 1.00 bits per heavy atom. The molecule has 2 N–H and O–H groups in total. The Morgan fingerprint density at radius 2 is 1.70 bits per heavy atom. The summed E-state index contributed by atoms with van der Waals surface area (Å²) in [6.45, 7) is 3.98. The number of benzene rings is 2. The average Bonchev–Trinajstić information content (AvgIpc) is 3.18. The number of aryl methyl sites for hydroxylation is 1. The van der Waals surface area contributed by atoms with Crippen molar-refractivity contribution >= 4 is 23.1 Å². The standard InChI is InChI=1S/C23H26N2O4S/c1-14-9-10-30-22(14)16-7-6-8-18(11-16)25-23(26)24-15(2)17-12-19(27-3)21(29-5)20(13-17)28-4/h6-13,15H,1-5H3,(H2,24,25,26). The van der Waals surface area contributed by atoms with Gasteiger partial charge in [-0.25, -0.2) is 4.79 Å². The number of urea groups is 1. The molecule has 30 heavy (non-hydrogen) atoms. The van der Waals surface area contributed by atoms with Crippen molar-refractivity contribution in [1.82, 2.24) is 5.32 Å². The van der Waals surface area contributed by atoms with Gasteiger partial charge in [0, 0.05) is 10.6 Å². The number of carbonyl (C=O) groups is 1. The second-order valence-electron chi connectivity index (χ2n) is 6.79. The minimum atomic E-state index is -0.295. The van der Waals surface area contributed by atoms with E-state index in [1.807, 2.05) is 43.3 Å². The number of carbonyl (C=O) groups excluding carboxylic acids is 1. The topological polar surface area (TPSA) is 68.8 Å². The third kappa shape index (κ3) is 4.68. The monoisotopic (exact) mass is 426 g/mol. The first-order chi connectivity index (χ1) is 14.5. The number of methoxy groups -OCH3 is 3. The van der Waals surface area contributed by atoms with Crippen molar-refractivity contribution in [3.8, 4) is 27.7 Å². The van der Waals surface area contributed by atoms with Crippen LogP contribution in [0.25, 0.3) is 10.4 Å². The summed E-state index contributed by atoms with van der Waals surface area (Å²) in [4.78, 5) is 13.8. The van der Waals surface area contributed by atoms with Crippen LogP contribution in [-0.2, 0) is 0 Å². The highest BCUT2D eigenvalue weighted by Gasteiger charge is 2.18. The number of anilines is 1. The van der Waals surface area contributed by atoms with Crippen LogP contribution in [0.1, 0.15) is 24.1 Å². The molecule has 0 radical (unpaired) electrons. The van der Waals surface area contributed by atoms with Crippen molar-refractivity contribution in [2.45, 2.75) is 19.9 Å². The lowest BCUT2D eigenvalue weighted by molar-refractivity contribution is 0.249. The van der Waals surface area contributed by atoms with E-state index in [1.54, 1.807) is 32.7 Å². The van der Waals surface area contributed by atoms with Crippen molar-refractivity contribution in [2.24, 2.45) is 0 Å². The molecule has 1 heterocycles. The second kappa shape index (κ2) is 9.54. The molecule has 0 aliphatic rings. The Kier molecular flexibility index (Phi) is 6.84. The molecule has 0 saturated carbocycles. The molecular weight excluding hydrogens is 400 g/mol. The first-order valence-corrected chi connectivity index (χ1v) is 10.4. The molecule has 0 spiro atoms. The van der Waals surface area contributed by atoms with E-state index in [1.165, 1.54) is 10.4 Å². The molecule has 6 nitrogen and oxygen atoms in total. The lowest BCUT2D eigenvalue weighted by Crippen LogP contribution is -2.31. The molecule has 0 aliphatic heterocycles. The number of hydrogen-bond donors (Lipinski definition) is 2. The van der Waals surface area contributed by atoms with Gasteiger partial charge in [-0.1, -0.05) is 12.1 Å². The van der Waals surface area contributed by atoms with Crippen LogP contribution in [0.2, 0.25) is 0 Å². The predicted octanol–water partition coefficient (Wildman–Crippen LogP) is 5.63. The van der Waals surface area contributed by atoms with E-state index in [4.69, 9.17) is 14.2 Å². The van der Waals surface area contributed by atoms with Gasteiger partial charge in [-0.2, -0.15) is 0 Å². The third-order valence-corrected chi connectivity index (χ3v) is 5.84. The Labute approximate surface area is 180 Å². The summed E-state index contributed by atoms with van der Waals surface area (Å²) in [5.41, 5.74) is 3.87. The van der Waals surface area contributed by atoms with Crippen LogP contribution in [-0.4, -0.2) is 27.4 Å². The maximum atomic E-state index is 12.6. The minimum absolute atomic E-state index is 0.276. The molecule has 1 atom stereocenters. The Hall–Kier alpha value is -3.19. The predicted molar refractivity (Wildman–Crippen MR) is 121 cm³/mol. The van der Waals surface area contributed by atoms with Crippen molar-refractivity contribution in [2.75, 3.05) is 26.6 Å². The highest BCUT2D eigenvalue weighted by Crippen LogP contribution is 2.39. The maximum absolute atomic E-state index is 12.6. The van der Waals surface area contributed by atoms with Gasteiger partial charge < -0.3 is 24.8 Å². The van der Waals surface area contributed by atoms with Gasteiger partial charge in [0.05, 0.1) is 27.4 Å². The Morgan fingerprint density at radius 3 is 2.27 bits per heavy atom. The van der Waals surface area contributed by atoms with Gasteiger partial charge in [-0.05, 0) is 66.2 Å². The molecule has 1 unspecified atom stereocenters. The molecule has 7 heteroatoms. The second-order valence-corrected chi connectivity index (χ2v) is 7.71. The molecule has 2 aromatic carbocycles. The molecule has 1 aromatic heterocycles. The lowest BCUT2D eigenvalue weighted by atomic mass is 10.1. The zero-order valence-electron chi connectivity index (χ0n) is 17.7. The molecule has 3 rings (SSSR count). The highest BCUT2D eigenvalue weighted by molar-refractivity contribution is 7.13. The molecule has 2 amide bonds. The number of amides is 2. The van der Waals surface area contributed by atoms with Crippen LogP contribution in [0.15, 0.2) is 47.8 Å². The molecular formula is C23H26N2O4S. The summed E-state index contributed by atoms with van der Waals surface area (Å²) in [6, 6.07) is 13.0. The number of nitrogens with one attached hydrogen (secondary N) is 2. The van der Waals surface area contributed by atoms with Crippen molar-refractivity contribution < 1.29 is 19.0 Å². The van der Waals surface area contributed by atoms with Gasteiger partial charge in [-0.3, -0.25) is 0 Å². The van der Waals surface area contributed by atoms with Gasteiger partial charge in [0.1, 0.15) is 0 Å². The summed E-state index contributed by atoms with van der Waals surface area (Å²) in [6.07, 6.45) is 0. The van der Waals surface area contributed by atoms with Crippen molar-refractivity contribution in [3.05, 3.63) is 59.0 Å². The van der Waals surface area contributed by atoms with Gasteiger partial charge in [0.15, 0.2) is 11.5 Å². The van der Waals surface area contributed by atoms with E-state index in [-0.39, 0.29) is 12.1 Å². The van der Waals surface area contributed by atoms with Crippen LogP contribution in [0.5, 0.6) is 17.2 Å². The van der Waals surface area contributed by atoms with E-state index >= 15 is 0 Å². The number of ether oxygens (including phenoxy) is 3. The third-order valence-electron chi connectivity index (χ3n) is 4.78. The minimum Gasteiger partial charge on any atom is -0.493 e. The van der Waals surface area contributed by atoms with Crippen LogP contribution in [0, 0.1) is 6.92 Å². The first kappa shape index (κ1) is 21.5. The van der Waals surface area contributed by atoms with Crippen LogP contribution in [0.4, 0.5) is 10.5 Å². The number of rotatable bonds is 7. The lowest BCUT2D eigenvalue weighted by Gasteiger charge is -2.19. The van der Waals surface area contributed by atoms with Crippen LogP contribution in [0.3, 0.4) is 0 Å². The molecule has 0 saturated heterocycles. The van der Waals surface area contributed by atoms with E-state index in [0.29, 0.717) is 17.2 Å². The smallest absolute Gasteiger partial charge is 0.319 e. The molecule has 0 aliphatic carbocycles. The fourth-order valence-corrected chi connectivity index (χ4v) is 4.13. The summed E-state index contributed by atoms with van der Waals surface area (Å²) in [5, 5.41) is 7.93. The van der Waals surface area contributed by atoms with Gasteiger partial charge >= 0.3 is 6.03 Å². The molecule has 0 bridgehead atoms. The highest BCUT2D eigenvalue weighted by atomic mass is 32.1. The number of thiophene rings is 1. The van der Waals surface area contributed by atoms with Crippen LogP contribution >= 0.6 is 11.3 Å². The van der Waals surface area contributed by atoms with E-state index < -0.39 is 0 Å². The zero-order chi connectivity index (χ0) is 21.7. The Balaban J connectivity index is 1.73. The first-order valence-electron chi connectivity index (χ1n) is 9.48. The fraction of sp³-hybridized carbons (Fsp3) is 0.261. The molecule has 158 valence electrons. The van der Waals surface area contributed by atoms with Gasteiger partial charge in [-0.15, -0.1) is 11.3 Å². The maximum Gasteiger partial charge on any atom is 0.319 e. The normalized spacial score (nSPS) is 11.5. The quantitative estimate of drug-likeness (QED) is 0.514. The van der Waals surface area contributed by atoms with Crippen molar-refractivity contribution in [1.29, 1.82) is 0 Å². The fourth-order valence-electron chi connectivity index (χ4n) is 3.21.